The Kier molecular flexibility index (Phi) is 3.78. The largest absolute Gasteiger partial charge is 0.387 e. The summed E-state index contributed by atoms with van der Waals surface area (Å²) in [5, 5.41) is 22.6. The first-order chi connectivity index (χ1) is 13.2. The Balaban J connectivity index is 1.65. The Labute approximate surface area is 159 Å². The van der Waals surface area contributed by atoms with Gasteiger partial charge in [0, 0.05) is 5.41 Å². The van der Waals surface area contributed by atoms with E-state index in [-0.39, 0.29) is 0 Å². The zero-order valence-electron chi connectivity index (χ0n) is 15.0. The highest BCUT2D eigenvalue weighted by Crippen LogP contribution is 2.57. The fourth-order valence-corrected chi connectivity index (χ4v) is 4.90. The van der Waals surface area contributed by atoms with E-state index in [2.05, 4.69) is 24.3 Å². The van der Waals surface area contributed by atoms with Crippen molar-refractivity contribution in [3.05, 3.63) is 112 Å². The molecule has 0 amide bonds. The summed E-state index contributed by atoms with van der Waals surface area (Å²) >= 11 is 0. The highest BCUT2D eigenvalue weighted by Gasteiger charge is 2.51. The van der Waals surface area contributed by atoms with Gasteiger partial charge in [-0.25, -0.2) is 0 Å². The fourth-order valence-electron chi connectivity index (χ4n) is 4.90. The second kappa shape index (κ2) is 6.19. The van der Waals surface area contributed by atoms with Gasteiger partial charge in [-0.15, -0.1) is 0 Å². The molecule has 0 fully saturated rings. The summed E-state index contributed by atoms with van der Waals surface area (Å²) in [4.78, 5) is 0. The Bertz CT molecular complexity index is 1020. The lowest BCUT2D eigenvalue weighted by Gasteiger charge is -2.37. The standard InChI is InChI=1S/C25H22O2/c26-23-20-12-6-4-10-18(20)14-22(23)25(15-17-8-2-1-3-9-17)16-19-11-5-7-13-21(19)24(25)27/h1-14,23-24,26-27H,15-16H2/t23?,24-,25+/m0/s1. The van der Waals surface area contributed by atoms with Crippen LogP contribution in [0.25, 0.3) is 6.08 Å². The number of aliphatic hydroxyl groups excluding tert-OH is 2. The molecule has 0 saturated carbocycles. The van der Waals surface area contributed by atoms with Gasteiger partial charge in [0.25, 0.3) is 0 Å². The van der Waals surface area contributed by atoms with E-state index < -0.39 is 17.6 Å². The lowest BCUT2D eigenvalue weighted by molar-refractivity contribution is 0.0463. The number of hydrogen-bond acceptors (Lipinski definition) is 2. The van der Waals surface area contributed by atoms with Crippen LogP contribution in [0, 0.1) is 5.41 Å². The summed E-state index contributed by atoms with van der Waals surface area (Å²) < 4.78 is 0. The van der Waals surface area contributed by atoms with Crippen LogP contribution < -0.4 is 0 Å². The second-order valence-electron chi connectivity index (χ2n) is 7.73. The maximum atomic E-state index is 11.5. The zero-order chi connectivity index (χ0) is 18.4. The van der Waals surface area contributed by atoms with Crippen molar-refractivity contribution in [3.63, 3.8) is 0 Å². The van der Waals surface area contributed by atoms with Gasteiger partial charge in [0.1, 0.15) is 6.10 Å². The molecule has 0 saturated heterocycles. The van der Waals surface area contributed by atoms with Gasteiger partial charge >= 0.3 is 0 Å². The van der Waals surface area contributed by atoms with Gasteiger partial charge in [-0.3, -0.25) is 0 Å². The Morgan fingerprint density at radius 1 is 0.778 bits per heavy atom. The summed E-state index contributed by atoms with van der Waals surface area (Å²) in [6.07, 6.45) is 2.22. The summed E-state index contributed by atoms with van der Waals surface area (Å²) in [5.74, 6) is 0. The van der Waals surface area contributed by atoms with Crippen LogP contribution in [-0.4, -0.2) is 10.2 Å². The van der Waals surface area contributed by atoms with E-state index in [4.69, 9.17) is 0 Å². The van der Waals surface area contributed by atoms with Crippen LogP contribution >= 0.6 is 0 Å². The summed E-state index contributed by atoms with van der Waals surface area (Å²) in [7, 11) is 0. The highest BCUT2D eigenvalue weighted by atomic mass is 16.3. The van der Waals surface area contributed by atoms with Crippen molar-refractivity contribution < 1.29 is 10.2 Å². The monoisotopic (exact) mass is 354 g/mol. The first kappa shape index (κ1) is 16.5. The summed E-state index contributed by atoms with van der Waals surface area (Å²) in [6, 6.07) is 26.4. The van der Waals surface area contributed by atoms with E-state index in [0.29, 0.717) is 6.42 Å². The molecule has 0 aliphatic heterocycles. The average Bonchev–Trinajstić information content (AvgIpc) is 3.19. The minimum absolute atomic E-state index is 0.538. The smallest absolute Gasteiger partial charge is 0.102 e. The molecule has 2 aliphatic rings. The van der Waals surface area contributed by atoms with Crippen molar-refractivity contribution in [2.75, 3.05) is 0 Å². The minimum atomic E-state index is -0.672. The first-order valence-corrected chi connectivity index (χ1v) is 9.48. The number of benzene rings is 3. The molecule has 2 aliphatic carbocycles. The van der Waals surface area contributed by atoms with Gasteiger partial charge in [0.2, 0.25) is 0 Å². The second-order valence-corrected chi connectivity index (χ2v) is 7.73. The van der Waals surface area contributed by atoms with Crippen molar-refractivity contribution in [3.8, 4) is 0 Å². The van der Waals surface area contributed by atoms with Gasteiger partial charge in [0.05, 0.1) is 6.10 Å². The first-order valence-electron chi connectivity index (χ1n) is 9.48. The maximum absolute atomic E-state index is 11.5. The fraction of sp³-hybridized carbons (Fsp3) is 0.200. The van der Waals surface area contributed by atoms with Crippen LogP contribution in [-0.2, 0) is 12.8 Å². The summed E-state index contributed by atoms with van der Waals surface area (Å²) in [5.41, 5.74) is 5.70. The van der Waals surface area contributed by atoms with Crippen molar-refractivity contribution in [1.82, 2.24) is 0 Å². The molecule has 0 aromatic heterocycles. The molecule has 2 N–H and O–H groups in total. The molecule has 0 heterocycles. The van der Waals surface area contributed by atoms with E-state index in [1.165, 1.54) is 11.1 Å². The molecule has 2 heteroatoms. The van der Waals surface area contributed by atoms with E-state index >= 15 is 0 Å². The van der Waals surface area contributed by atoms with Crippen LogP contribution in [0.2, 0.25) is 0 Å². The number of aliphatic hydroxyl groups is 2. The zero-order valence-corrected chi connectivity index (χ0v) is 15.0. The van der Waals surface area contributed by atoms with Gasteiger partial charge in [0.15, 0.2) is 0 Å². The highest BCUT2D eigenvalue weighted by molar-refractivity contribution is 5.68. The maximum Gasteiger partial charge on any atom is 0.102 e. The van der Waals surface area contributed by atoms with E-state index in [0.717, 1.165) is 28.7 Å². The van der Waals surface area contributed by atoms with Crippen molar-refractivity contribution in [2.24, 2.45) is 5.41 Å². The molecule has 3 aromatic carbocycles. The van der Waals surface area contributed by atoms with Crippen LogP contribution in [0.1, 0.15) is 40.0 Å². The van der Waals surface area contributed by atoms with Gasteiger partial charge < -0.3 is 10.2 Å². The van der Waals surface area contributed by atoms with Crippen LogP contribution in [0.15, 0.2) is 84.4 Å². The predicted octanol–water partition coefficient (Wildman–Crippen LogP) is 4.64. The van der Waals surface area contributed by atoms with E-state index in [9.17, 15) is 10.2 Å². The van der Waals surface area contributed by atoms with E-state index in [1.807, 2.05) is 60.7 Å². The molecule has 5 rings (SSSR count). The summed E-state index contributed by atoms with van der Waals surface area (Å²) in [6.45, 7) is 0. The van der Waals surface area contributed by atoms with Crippen molar-refractivity contribution >= 4 is 6.08 Å². The minimum Gasteiger partial charge on any atom is -0.387 e. The molecular weight excluding hydrogens is 332 g/mol. The van der Waals surface area contributed by atoms with Crippen LogP contribution in [0.3, 0.4) is 0 Å². The van der Waals surface area contributed by atoms with Crippen LogP contribution in [0.4, 0.5) is 0 Å². The molecule has 3 aromatic rings. The molecule has 27 heavy (non-hydrogen) atoms. The molecule has 3 atom stereocenters. The number of fused-ring (bicyclic) bond motifs is 2. The Hall–Kier alpha value is -2.68. The van der Waals surface area contributed by atoms with Gasteiger partial charge in [-0.05, 0) is 46.2 Å². The van der Waals surface area contributed by atoms with Crippen LogP contribution in [0.5, 0.6) is 0 Å². The normalized spacial score (nSPS) is 25.8. The number of hydrogen-bond donors (Lipinski definition) is 2. The molecule has 1 unspecified atom stereocenters. The third kappa shape index (κ3) is 2.48. The van der Waals surface area contributed by atoms with Crippen molar-refractivity contribution in [2.45, 2.75) is 25.0 Å². The number of rotatable bonds is 3. The molecule has 2 nitrogen and oxygen atoms in total. The Morgan fingerprint density at radius 2 is 1.44 bits per heavy atom. The molecule has 0 radical (unpaired) electrons. The van der Waals surface area contributed by atoms with Gasteiger partial charge in [-0.2, -0.15) is 0 Å². The third-order valence-corrected chi connectivity index (χ3v) is 6.21. The predicted molar refractivity (Wildman–Crippen MR) is 107 cm³/mol. The molecule has 0 bridgehead atoms. The SMILES string of the molecule is OC1C([C@@]2(Cc3ccccc3)Cc3ccccc3[C@@H]2O)=Cc2ccccc21. The quantitative estimate of drug-likeness (QED) is 0.720. The Morgan fingerprint density at radius 3 is 2.19 bits per heavy atom. The lowest BCUT2D eigenvalue weighted by atomic mass is 9.69. The van der Waals surface area contributed by atoms with Crippen molar-refractivity contribution in [1.29, 1.82) is 0 Å². The molecule has 0 spiro atoms. The third-order valence-electron chi connectivity index (χ3n) is 6.21. The van der Waals surface area contributed by atoms with Gasteiger partial charge in [-0.1, -0.05) is 84.9 Å². The average molecular weight is 354 g/mol. The van der Waals surface area contributed by atoms with E-state index in [1.54, 1.807) is 0 Å². The molecule has 134 valence electrons. The molecular formula is C25H22O2. The topological polar surface area (TPSA) is 40.5 Å². The lowest BCUT2D eigenvalue weighted by Crippen LogP contribution is -2.33.